The predicted molar refractivity (Wildman–Crippen MR) is 191 cm³/mol. The number of aromatic nitrogens is 2. The molecule has 1 aliphatic rings. The van der Waals surface area contributed by atoms with E-state index in [1.165, 1.54) is 7.11 Å². The second-order valence-electron chi connectivity index (χ2n) is 13.9. The molecule has 264 valence electrons. The van der Waals surface area contributed by atoms with Crippen molar-refractivity contribution in [3.05, 3.63) is 87.8 Å². The van der Waals surface area contributed by atoms with Gasteiger partial charge in [-0.25, -0.2) is 14.4 Å². The van der Waals surface area contributed by atoms with E-state index in [2.05, 4.69) is 25.9 Å². The Bertz CT molecular complexity index is 1910. The van der Waals surface area contributed by atoms with Crippen LogP contribution in [0.1, 0.15) is 67.9 Å². The Morgan fingerprint density at radius 2 is 1.60 bits per heavy atom. The highest BCUT2D eigenvalue weighted by Gasteiger charge is 2.30. The highest BCUT2D eigenvalue weighted by molar-refractivity contribution is 5.99. The first kappa shape index (κ1) is 35.9. The number of aromatic amines is 2. The molecule has 5 N–H and O–H groups in total. The maximum Gasteiger partial charge on any atom is 0.407 e. The maximum atomic E-state index is 13.7. The molecule has 0 saturated heterocycles. The SMILES string of the molecule is COC(=O)c1ccc(-c2ccc(C[C@H](NC(=O)[C@H]3CC[C@H](CNC(=O)OC(C)(C)C)CC3)C(=O)Nc3ccc4[nH]c(=O)[nH]c4c3)cc2)c(C)c1. The van der Waals surface area contributed by atoms with E-state index in [0.29, 0.717) is 41.7 Å². The molecule has 0 spiro atoms. The number of benzene rings is 3. The molecule has 1 fully saturated rings. The van der Waals surface area contributed by atoms with Crippen molar-refractivity contribution in [2.75, 3.05) is 19.0 Å². The summed E-state index contributed by atoms with van der Waals surface area (Å²) in [6.45, 7) is 7.86. The molecule has 0 unspecified atom stereocenters. The van der Waals surface area contributed by atoms with Crippen LogP contribution in [0.5, 0.6) is 0 Å². The number of ether oxygens (including phenoxy) is 2. The molecule has 0 aliphatic heterocycles. The van der Waals surface area contributed by atoms with E-state index in [4.69, 9.17) is 9.47 Å². The van der Waals surface area contributed by atoms with E-state index in [-0.39, 0.29) is 35.8 Å². The fourth-order valence-electron chi connectivity index (χ4n) is 6.30. The van der Waals surface area contributed by atoms with E-state index >= 15 is 0 Å². The second-order valence-corrected chi connectivity index (χ2v) is 13.9. The van der Waals surface area contributed by atoms with Gasteiger partial charge in [-0.3, -0.25) is 9.59 Å². The number of alkyl carbamates (subject to hydrolysis) is 1. The molecule has 1 heterocycles. The minimum atomic E-state index is -0.873. The molecule has 12 nitrogen and oxygen atoms in total. The Labute approximate surface area is 290 Å². The third-order valence-corrected chi connectivity index (χ3v) is 8.92. The van der Waals surface area contributed by atoms with Crippen LogP contribution in [0.2, 0.25) is 0 Å². The number of esters is 1. The first-order chi connectivity index (χ1) is 23.8. The van der Waals surface area contributed by atoms with Gasteiger partial charge in [-0.1, -0.05) is 30.3 Å². The lowest BCUT2D eigenvalue weighted by Crippen LogP contribution is -2.48. The molecule has 12 heteroatoms. The zero-order valence-corrected chi connectivity index (χ0v) is 29.1. The van der Waals surface area contributed by atoms with Gasteiger partial charge < -0.3 is 35.4 Å². The summed E-state index contributed by atoms with van der Waals surface area (Å²) in [5.41, 5.74) is 4.88. The number of amides is 3. The first-order valence-electron chi connectivity index (χ1n) is 16.9. The molecule has 1 aliphatic carbocycles. The Hall–Kier alpha value is -5.39. The minimum Gasteiger partial charge on any atom is -0.465 e. The minimum absolute atomic E-state index is 0.188. The van der Waals surface area contributed by atoms with Gasteiger partial charge in [-0.2, -0.15) is 0 Å². The van der Waals surface area contributed by atoms with Crippen LogP contribution in [0.15, 0.2) is 65.5 Å². The average Bonchev–Trinajstić information content (AvgIpc) is 3.45. The normalized spacial score (nSPS) is 16.7. The highest BCUT2D eigenvalue weighted by atomic mass is 16.6. The predicted octanol–water partition coefficient (Wildman–Crippen LogP) is 5.62. The molecule has 1 aromatic heterocycles. The molecular weight excluding hydrogens is 638 g/mol. The van der Waals surface area contributed by atoms with Crippen molar-refractivity contribution >= 4 is 40.6 Å². The van der Waals surface area contributed by atoms with E-state index < -0.39 is 23.7 Å². The number of anilines is 1. The lowest BCUT2D eigenvalue weighted by atomic mass is 9.81. The summed E-state index contributed by atoms with van der Waals surface area (Å²) >= 11 is 0. The number of methoxy groups -OCH3 is 1. The molecule has 1 atom stereocenters. The van der Waals surface area contributed by atoms with Crippen LogP contribution in [-0.4, -0.2) is 59.1 Å². The maximum absolute atomic E-state index is 13.7. The van der Waals surface area contributed by atoms with Gasteiger partial charge in [0.15, 0.2) is 0 Å². The highest BCUT2D eigenvalue weighted by Crippen LogP contribution is 2.29. The number of imidazole rings is 1. The molecule has 0 bridgehead atoms. The number of rotatable bonds is 10. The van der Waals surface area contributed by atoms with Gasteiger partial charge in [0.25, 0.3) is 0 Å². The van der Waals surface area contributed by atoms with Gasteiger partial charge in [0.1, 0.15) is 11.6 Å². The van der Waals surface area contributed by atoms with Crippen molar-refractivity contribution in [3.8, 4) is 11.1 Å². The molecular formula is C38H45N5O7. The zero-order chi connectivity index (χ0) is 36.0. The Balaban J connectivity index is 1.26. The lowest BCUT2D eigenvalue weighted by molar-refractivity contribution is -0.130. The number of aryl methyl sites for hydroxylation is 1. The van der Waals surface area contributed by atoms with Crippen molar-refractivity contribution < 1.29 is 28.7 Å². The van der Waals surface area contributed by atoms with Crippen molar-refractivity contribution in [3.63, 3.8) is 0 Å². The number of H-pyrrole nitrogens is 2. The number of fused-ring (bicyclic) bond motifs is 1. The van der Waals surface area contributed by atoms with Crippen molar-refractivity contribution in [2.24, 2.45) is 11.8 Å². The Morgan fingerprint density at radius 3 is 2.26 bits per heavy atom. The fourth-order valence-corrected chi connectivity index (χ4v) is 6.30. The number of carbonyl (C=O) groups excluding carboxylic acids is 4. The van der Waals surface area contributed by atoms with E-state index in [1.54, 1.807) is 30.3 Å². The van der Waals surface area contributed by atoms with E-state index in [0.717, 1.165) is 35.1 Å². The van der Waals surface area contributed by atoms with Crippen LogP contribution in [-0.2, 0) is 25.5 Å². The van der Waals surface area contributed by atoms with E-state index in [9.17, 15) is 24.0 Å². The van der Waals surface area contributed by atoms with Gasteiger partial charge in [0.2, 0.25) is 11.8 Å². The fraction of sp³-hybridized carbons (Fsp3) is 0.395. The molecule has 3 aromatic carbocycles. The number of carbonyl (C=O) groups is 4. The second kappa shape index (κ2) is 15.4. The van der Waals surface area contributed by atoms with Crippen LogP contribution < -0.4 is 21.6 Å². The third kappa shape index (κ3) is 9.40. The van der Waals surface area contributed by atoms with Gasteiger partial charge in [-0.05, 0) is 112 Å². The van der Waals surface area contributed by atoms with Crippen LogP contribution in [0.4, 0.5) is 10.5 Å². The zero-order valence-electron chi connectivity index (χ0n) is 29.1. The Kier molecular flexibility index (Phi) is 11.1. The van der Waals surface area contributed by atoms with Gasteiger partial charge in [0.05, 0.1) is 23.7 Å². The molecule has 3 amide bonds. The average molecular weight is 684 g/mol. The van der Waals surface area contributed by atoms with Crippen LogP contribution in [0.25, 0.3) is 22.2 Å². The largest absolute Gasteiger partial charge is 0.465 e. The smallest absolute Gasteiger partial charge is 0.407 e. The van der Waals surface area contributed by atoms with Crippen LogP contribution >= 0.6 is 0 Å². The third-order valence-electron chi connectivity index (χ3n) is 8.92. The van der Waals surface area contributed by atoms with Gasteiger partial charge in [-0.15, -0.1) is 0 Å². The summed E-state index contributed by atoms with van der Waals surface area (Å²) < 4.78 is 10.2. The van der Waals surface area contributed by atoms with Crippen LogP contribution in [0.3, 0.4) is 0 Å². The number of hydrogen-bond donors (Lipinski definition) is 5. The quantitative estimate of drug-likeness (QED) is 0.135. The molecule has 0 radical (unpaired) electrons. The summed E-state index contributed by atoms with van der Waals surface area (Å²) in [5, 5.41) is 8.76. The van der Waals surface area contributed by atoms with Crippen LogP contribution in [0, 0.1) is 18.8 Å². The Morgan fingerprint density at radius 1 is 0.900 bits per heavy atom. The molecule has 5 rings (SSSR count). The van der Waals surface area contributed by atoms with Crippen molar-refractivity contribution in [2.45, 2.75) is 71.4 Å². The van der Waals surface area contributed by atoms with E-state index in [1.807, 2.05) is 58.0 Å². The summed E-state index contributed by atoms with van der Waals surface area (Å²) in [6.07, 6.45) is 2.61. The molecule has 1 saturated carbocycles. The topological polar surface area (TPSA) is 171 Å². The van der Waals surface area contributed by atoms with Crippen molar-refractivity contribution in [1.29, 1.82) is 0 Å². The summed E-state index contributed by atoms with van der Waals surface area (Å²) in [7, 11) is 1.35. The standard InChI is InChI=1S/C38H45N5O7/c1-22-18-27(35(46)49-5)14-16-29(22)25-10-6-23(7-11-25)19-32(34(45)40-28-15-17-30-31(20-28)43-36(47)42-30)41-33(44)26-12-8-24(9-13-26)21-39-37(48)50-38(2,3)4/h6-7,10-11,14-18,20,24,26,32H,8-9,12-13,19,21H2,1-5H3,(H,39,48)(H,40,45)(H,41,44)(H2,42,43,47)/t24-,26-,32-/m0/s1. The molecule has 4 aromatic rings. The monoisotopic (exact) mass is 683 g/mol. The summed E-state index contributed by atoms with van der Waals surface area (Å²) in [5.74, 6) is -0.996. The number of hydrogen-bond acceptors (Lipinski definition) is 7. The first-order valence-corrected chi connectivity index (χ1v) is 16.9. The summed E-state index contributed by atoms with van der Waals surface area (Å²) in [6, 6.07) is 17.3. The summed E-state index contributed by atoms with van der Waals surface area (Å²) in [4.78, 5) is 68.5. The van der Waals surface area contributed by atoms with Gasteiger partial charge in [0, 0.05) is 24.6 Å². The molecule has 50 heavy (non-hydrogen) atoms. The van der Waals surface area contributed by atoms with Gasteiger partial charge >= 0.3 is 17.8 Å². The lowest BCUT2D eigenvalue weighted by Gasteiger charge is -2.29. The van der Waals surface area contributed by atoms with Crippen molar-refractivity contribution in [1.82, 2.24) is 20.6 Å². The number of nitrogens with one attached hydrogen (secondary N) is 5.